The molecular formula is C31H43F. The van der Waals surface area contributed by atoms with Gasteiger partial charge >= 0.3 is 0 Å². The predicted octanol–water partition coefficient (Wildman–Crippen LogP) is 9.75. The lowest BCUT2D eigenvalue weighted by molar-refractivity contribution is 0.551. The third kappa shape index (κ3) is 4.92. The van der Waals surface area contributed by atoms with Crippen LogP contribution in [-0.4, -0.2) is 0 Å². The standard InChI is InChI=1S/C26H31F.C5H12/c1-8-10-12-19-14-13-16(3)24-22(19)18(5)23-20(11-9-2)25(27)17(4)15-21(23)26(24,6)7;1-4-5(2)3/h8-11,13,15,19H,5,12,14H2,1-4,6-7H3;5H,4H2,1-3H3/b10-8?,11-9-;. The van der Waals surface area contributed by atoms with Gasteiger partial charge in [0.25, 0.3) is 0 Å². The summed E-state index contributed by atoms with van der Waals surface area (Å²) >= 11 is 0. The van der Waals surface area contributed by atoms with Crippen molar-refractivity contribution in [1.29, 1.82) is 0 Å². The summed E-state index contributed by atoms with van der Waals surface area (Å²) in [6.45, 7) is 23.8. The summed E-state index contributed by atoms with van der Waals surface area (Å²) < 4.78 is 15.1. The van der Waals surface area contributed by atoms with E-state index in [9.17, 15) is 0 Å². The third-order valence-corrected chi connectivity index (χ3v) is 6.99. The zero-order valence-electron chi connectivity index (χ0n) is 21.8. The Bertz CT molecular complexity index is 974. The minimum absolute atomic E-state index is 0.124. The van der Waals surface area contributed by atoms with E-state index in [0.717, 1.165) is 29.9 Å². The van der Waals surface area contributed by atoms with Gasteiger partial charge in [-0.3, -0.25) is 0 Å². The summed E-state index contributed by atoms with van der Waals surface area (Å²) in [5, 5.41) is 0. The van der Waals surface area contributed by atoms with E-state index in [1.807, 2.05) is 32.1 Å². The zero-order chi connectivity index (χ0) is 24.2. The van der Waals surface area contributed by atoms with Crippen LogP contribution in [0.15, 0.2) is 53.7 Å². The Morgan fingerprint density at radius 1 is 1.19 bits per heavy atom. The highest BCUT2D eigenvalue weighted by Gasteiger charge is 2.41. The van der Waals surface area contributed by atoms with Crippen LogP contribution < -0.4 is 0 Å². The number of hydrogen-bond donors (Lipinski definition) is 0. The molecule has 1 atom stereocenters. The second-order valence-electron chi connectivity index (χ2n) is 10.2. The average Bonchev–Trinajstić information content (AvgIpc) is 2.74. The van der Waals surface area contributed by atoms with E-state index in [1.54, 1.807) is 0 Å². The first-order chi connectivity index (χ1) is 15.0. The molecule has 3 rings (SSSR count). The lowest BCUT2D eigenvalue weighted by atomic mass is 9.60. The highest BCUT2D eigenvalue weighted by Crippen LogP contribution is 2.54. The first-order valence-corrected chi connectivity index (χ1v) is 12.2. The molecule has 1 aromatic rings. The fourth-order valence-corrected chi connectivity index (χ4v) is 4.93. The first kappa shape index (κ1) is 26.1. The quantitative estimate of drug-likeness (QED) is 0.414. The molecule has 0 N–H and O–H groups in total. The Morgan fingerprint density at radius 3 is 2.34 bits per heavy atom. The molecule has 0 fully saturated rings. The van der Waals surface area contributed by atoms with E-state index < -0.39 is 0 Å². The van der Waals surface area contributed by atoms with Crippen molar-refractivity contribution in [2.75, 3.05) is 0 Å². The number of halogens is 1. The lowest BCUT2D eigenvalue weighted by Crippen LogP contribution is -2.32. The van der Waals surface area contributed by atoms with E-state index in [0.29, 0.717) is 17.0 Å². The molecular weight excluding hydrogens is 391 g/mol. The summed E-state index contributed by atoms with van der Waals surface area (Å²) in [6.07, 6.45) is 13.9. The Morgan fingerprint density at radius 2 is 1.81 bits per heavy atom. The largest absolute Gasteiger partial charge is 0.206 e. The zero-order valence-corrected chi connectivity index (χ0v) is 21.8. The fourth-order valence-electron chi connectivity index (χ4n) is 4.93. The van der Waals surface area contributed by atoms with Crippen LogP contribution in [0.3, 0.4) is 0 Å². The minimum atomic E-state index is -0.171. The topological polar surface area (TPSA) is 0 Å². The first-order valence-electron chi connectivity index (χ1n) is 12.2. The summed E-state index contributed by atoms with van der Waals surface area (Å²) in [5.74, 6) is 1.17. The van der Waals surface area contributed by atoms with Crippen molar-refractivity contribution < 1.29 is 4.39 Å². The van der Waals surface area contributed by atoms with Crippen LogP contribution in [0.5, 0.6) is 0 Å². The van der Waals surface area contributed by atoms with Crippen molar-refractivity contribution in [2.24, 2.45) is 11.8 Å². The van der Waals surface area contributed by atoms with Gasteiger partial charge in [-0.25, -0.2) is 4.39 Å². The number of fused-ring (bicyclic) bond motifs is 1. The second kappa shape index (κ2) is 10.6. The van der Waals surface area contributed by atoms with Gasteiger partial charge in [0, 0.05) is 11.0 Å². The Hall–Kier alpha value is -2.15. The molecule has 0 spiro atoms. The maximum Gasteiger partial charge on any atom is 0.133 e. The number of allylic oxidation sites excluding steroid dienone is 8. The lowest BCUT2D eigenvalue weighted by Gasteiger charge is -2.44. The molecule has 1 aromatic carbocycles. The molecule has 0 aromatic heterocycles. The Labute approximate surface area is 196 Å². The van der Waals surface area contributed by atoms with E-state index in [1.165, 1.54) is 28.7 Å². The van der Waals surface area contributed by atoms with Gasteiger partial charge in [0.05, 0.1) is 0 Å². The highest BCUT2D eigenvalue weighted by molar-refractivity contribution is 5.91. The van der Waals surface area contributed by atoms with Crippen molar-refractivity contribution in [2.45, 2.75) is 87.0 Å². The van der Waals surface area contributed by atoms with Crippen molar-refractivity contribution in [1.82, 2.24) is 0 Å². The molecule has 0 radical (unpaired) electrons. The van der Waals surface area contributed by atoms with Crippen LogP contribution in [0.2, 0.25) is 0 Å². The minimum Gasteiger partial charge on any atom is -0.206 e. The number of aryl methyl sites for hydroxylation is 1. The van der Waals surface area contributed by atoms with Gasteiger partial charge in [-0.05, 0) is 85.8 Å². The monoisotopic (exact) mass is 434 g/mol. The van der Waals surface area contributed by atoms with Crippen molar-refractivity contribution in [3.05, 3.63) is 81.7 Å². The molecule has 0 bridgehead atoms. The summed E-state index contributed by atoms with van der Waals surface area (Å²) in [4.78, 5) is 0. The normalized spacial score (nSPS) is 19.8. The molecule has 1 unspecified atom stereocenters. The molecule has 1 heteroatoms. The molecule has 32 heavy (non-hydrogen) atoms. The molecule has 0 aliphatic heterocycles. The third-order valence-electron chi connectivity index (χ3n) is 6.99. The molecule has 174 valence electrons. The second-order valence-corrected chi connectivity index (χ2v) is 10.2. The Balaban J connectivity index is 0.000000654. The van der Waals surface area contributed by atoms with Crippen LogP contribution >= 0.6 is 0 Å². The number of rotatable bonds is 4. The summed E-state index contributed by atoms with van der Waals surface area (Å²) in [6, 6.07) is 2.04. The van der Waals surface area contributed by atoms with Gasteiger partial charge in [-0.2, -0.15) is 0 Å². The predicted molar refractivity (Wildman–Crippen MR) is 141 cm³/mol. The van der Waals surface area contributed by atoms with Crippen molar-refractivity contribution in [3.8, 4) is 0 Å². The van der Waals surface area contributed by atoms with Gasteiger partial charge < -0.3 is 0 Å². The molecule has 0 heterocycles. The molecule has 0 saturated carbocycles. The fraction of sp³-hybridized carbons (Fsp3) is 0.484. The van der Waals surface area contributed by atoms with E-state index in [2.05, 4.69) is 73.3 Å². The number of benzene rings is 1. The SMILES string of the molecule is C=C1C2=C(C(C)=CCC2CC=CC)C(C)(C)c2cc(C)c(F)c(/C=C\C)c21.CCC(C)C. The average molecular weight is 435 g/mol. The molecule has 0 nitrogen and oxygen atoms in total. The van der Waals surface area contributed by atoms with Gasteiger partial charge in [0.2, 0.25) is 0 Å². The molecule has 0 amide bonds. The van der Waals surface area contributed by atoms with E-state index in [4.69, 9.17) is 0 Å². The Kier molecular flexibility index (Phi) is 8.68. The van der Waals surface area contributed by atoms with Crippen LogP contribution in [0.4, 0.5) is 4.39 Å². The summed E-state index contributed by atoms with van der Waals surface area (Å²) in [5.41, 5.74) is 8.48. The van der Waals surface area contributed by atoms with Gasteiger partial charge in [-0.15, -0.1) is 0 Å². The number of hydrogen-bond acceptors (Lipinski definition) is 0. The summed E-state index contributed by atoms with van der Waals surface area (Å²) in [7, 11) is 0. The van der Waals surface area contributed by atoms with Gasteiger partial charge in [-0.1, -0.05) is 89.6 Å². The molecule has 2 aliphatic carbocycles. The van der Waals surface area contributed by atoms with Crippen LogP contribution in [0.25, 0.3) is 11.6 Å². The van der Waals surface area contributed by atoms with Crippen LogP contribution in [0, 0.1) is 24.6 Å². The van der Waals surface area contributed by atoms with Gasteiger partial charge in [0.15, 0.2) is 0 Å². The van der Waals surface area contributed by atoms with Crippen molar-refractivity contribution in [3.63, 3.8) is 0 Å². The van der Waals surface area contributed by atoms with Crippen LogP contribution in [-0.2, 0) is 5.41 Å². The maximum atomic E-state index is 15.1. The van der Waals surface area contributed by atoms with Gasteiger partial charge in [0.1, 0.15) is 5.82 Å². The molecule has 2 aliphatic rings. The van der Waals surface area contributed by atoms with Crippen molar-refractivity contribution >= 4 is 11.6 Å². The molecule has 0 saturated heterocycles. The van der Waals surface area contributed by atoms with E-state index >= 15 is 4.39 Å². The maximum absolute atomic E-state index is 15.1. The smallest absolute Gasteiger partial charge is 0.133 e. The van der Waals surface area contributed by atoms with E-state index in [-0.39, 0.29) is 11.2 Å². The highest BCUT2D eigenvalue weighted by atomic mass is 19.1. The van der Waals surface area contributed by atoms with Crippen LogP contribution in [0.1, 0.15) is 96.9 Å².